The van der Waals surface area contributed by atoms with Gasteiger partial charge in [-0.3, -0.25) is 29.5 Å². The summed E-state index contributed by atoms with van der Waals surface area (Å²) < 4.78 is 41.1. The van der Waals surface area contributed by atoms with Gasteiger partial charge in [-0.05, 0) is 86.8 Å². The van der Waals surface area contributed by atoms with Crippen LogP contribution in [-0.2, 0) is 29.2 Å². The van der Waals surface area contributed by atoms with Gasteiger partial charge in [0.1, 0.15) is 16.9 Å². The van der Waals surface area contributed by atoms with Gasteiger partial charge in [0.2, 0.25) is 33.7 Å². The zero-order valence-corrected chi connectivity index (χ0v) is 36.7. The second-order valence-electron chi connectivity index (χ2n) is 17.3. The highest BCUT2D eigenvalue weighted by atomic mass is 32.2. The number of imide groups is 1. The molecule has 0 bridgehead atoms. The smallest absolute Gasteiger partial charge is 0.234 e. The summed E-state index contributed by atoms with van der Waals surface area (Å²) in [6.07, 6.45) is 9.97. The SMILES string of the molecule is CCC(c1cccc(-c2nc(C3CCN(C(=O)C4(C)CCN(C(=O)C5CCN(c6ccc(C7CCC(=O)NC7=O)cn6)CC5)CC4)CC3)sc2-c2ccncc2)c1F)S(N)(=O)=O. The van der Waals surface area contributed by atoms with E-state index in [-0.39, 0.29) is 58.9 Å². The fraction of sp³-hybridized carbons (Fsp3) is 0.489. The number of rotatable bonds is 10. The van der Waals surface area contributed by atoms with Gasteiger partial charge in [-0.1, -0.05) is 32.0 Å². The van der Waals surface area contributed by atoms with E-state index in [1.807, 2.05) is 41.0 Å². The van der Waals surface area contributed by atoms with Crippen molar-refractivity contribution in [3.8, 4) is 21.7 Å². The molecule has 17 heteroatoms. The minimum Gasteiger partial charge on any atom is -0.357 e. The Kier molecular flexibility index (Phi) is 12.6. The molecule has 4 aromatic rings. The lowest BCUT2D eigenvalue weighted by Gasteiger charge is -2.43. The molecule has 2 unspecified atom stereocenters. The normalized spacial score (nSPS) is 20.8. The third kappa shape index (κ3) is 8.89. The first-order chi connectivity index (χ1) is 29.7. The monoisotopic (exact) mass is 884 g/mol. The van der Waals surface area contributed by atoms with E-state index in [0.29, 0.717) is 96.3 Å². The number of nitrogens with zero attached hydrogens (tertiary/aromatic N) is 6. The number of sulfonamides is 1. The lowest BCUT2D eigenvalue weighted by atomic mass is 9.78. The number of piperidine rings is 4. The summed E-state index contributed by atoms with van der Waals surface area (Å²) in [6.45, 7) is 7.27. The number of halogens is 1. The highest BCUT2D eigenvalue weighted by molar-refractivity contribution is 7.89. The number of hydrogen-bond acceptors (Lipinski definition) is 11. The fourth-order valence-corrected chi connectivity index (χ4v) is 11.8. The van der Waals surface area contributed by atoms with Crippen molar-refractivity contribution < 1.29 is 32.0 Å². The van der Waals surface area contributed by atoms with Crippen LogP contribution in [0.1, 0.15) is 105 Å². The Morgan fingerprint density at radius 3 is 2.29 bits per heavy atom. The molecule has 3 N–H and O–H groups in total. The van der Waals surface area contributed by atoms with Crippen LogP contribution in [0.15, 0.2) is 61.1 Å². The van der Waals surface area contributed by atoms with Crippen molar-refractivity contribution in [2.75, 3.05) is 44.2 Å². The van der Waals surface area contributed by atoms with Crippen molar-refractivity contribution in [3.05, 3.63) is 83.0 Å². The number of hydrogen-bond donors (Lipinski definition) is 2. The number of benzene rings is 1. The molecular weight excluding hydrogens is 832 g/mol. The van der Waals surface area contributed by atoms with Crippen LogP contribution >= 0.6 is 11.3 Å². The first kappa shape index (κ1) is 43.5. The van der Waals surface area contributed by atoms with Gasteiger partial charge in [-0.2, -0.15) is 0 Å². The highest BCUT2D eigenvalue weighted by Gasteiger charge is 2.43. The predicted molar refractivity (Wildman–Crippen MR) is 234 cm³/mol. The van der Waals surface area contributed by atoms with E-state index in [0.717, 1.165) is 26.8 Å². The topological polar surface area (TPSA) is 189 Å². The van der Waals surface area contributed by atoms with Gasteiger partial charge >= 0.3 is 0 Å². The number of primary sulfonamides is 1. The van der Waals surface area contributed by atoms with Crippen LogP contribution in [0.2, 0.25) is 0 Å². The van der Waals surface area contributed by atoms with Gasteiger partial charge in [0.15, 0.2) is 0 Å². The number of carbonyl (C=O) groups excluding carboxylic acids is 4. The van der Waals surface area contributed by atoms with E-state index in [2.05, 4.69) is 20.2 Å². The quantitative estimate of drug-likeness (QED) is 0.181. The van der Waals surface area contributed by atoms with Gasteiger partial charge in [-0.25, -0.2) is 27.9 Å². The number of carbonyl (C=O) groups is 4. The number of nitrogens with two attached hydrogens (primary N) is 1. The molecule has 0 aliphatic carbocycles. The second-order valence-corrected chi connectivity index (χ2v) is 20.1. The minimum atomic E-state index is -4.05. The van der Waals surface area contributed by atoms with Crippen LogP contribution in [0.4, 0.5) is 10.2 Å². The molecule has 14 nitrogen and oxygen atoms in total. The summed E-state index contributed by atoms with van der Waals surface area (Å²) in [5.41, 5.74) is 1.71. The van der Waals surface area contributed by atoms with Crippen LogP contribution < -0.4 is 15.4 Å². The summed E-state index contributed by atoms with van der Waals surface area (Å²) in [5.74, 6) is -0.531. The van der Waals surface area contributed by atoms with Crippen molar-refractivity contribution in [3.63, 3.8) is 0 Å². The molecule has 328 valence electrons. The molecule has 4 saturated heterocycles. The van der Waals surface area contributed by atoms with Crippen LogP contribution in [0.3, 0.4) is 0 Å². The molecule has 8 rings (SSSR count). The van der Waals surface area contributed by atoms with Crippen LogP contribution in [0.5, 0.6) is 0 Å². The van der Waals surface area contributed by atoms with Crippen LogP contribution in [0.25, 0.3) is 21.7 Å². The predicted octanol–water partition coefficient (Wildman–Crippen LogP) is 5.92. The largest absolute Gasteiger partial charge is 0.357 e. The fourth-order valence-electron chi connectivity index (χ4n) is 9.57. The van der Waals surface area contributed by atoms with Crippen molar-refractivity contribution in [2.45, 2.75) is 88.7 Å². The van der Waals surface area contributed by atoms with E-state index in [1.54, 1.807) is 37.6 Å². The van der Waals surface area contributed by atoms with Crippen molar-refractivity contribution in [1.82, 2.24) is 30.1 Å². The third-order valence-electron chi connectivity index (χ3n) is 13.4. The van der Waals surface area contributed by atoms with E-state index in [9.17, 15) is 27.6 Å². The molecule has 0 saturated carbocycles. The molecule has 0 radical (unpaired) electrons. The summed E-state index contributed by atoms with van der Waals surface area (Å²) in [6, 6.07) is 12.2. The molecule has 4 fully saturated rings. The van der Waals surface area contributed by atoms with E-state index in [1.165, 1.54) is 17.4 Å². The summed E-state index contributed by atoms with van der Waals surface area (Å²) in [4.78, 5) is 72.3. The number of anilines is 1. The molecule has 4 aliphatic rings. The number of likely N-dealkylation sites (tertiary alicyclic amines) is 2. The van der Waals surface area contributed by atoms with E-state index in [4.69, 9.17) is 10.1 Å². The van der Waals surface area contributed by atoms with Gasteiger partial charge in [0, 0.05) is 92.7 Å². The first-order valence-electron chi connectivity index (χ1n) is 21.6. The minimum absolute atomic E-state index is 0.0194. The zero-order chi connectivity index (χ0) is 43.8. The maximum absolute atomic E-state index is 16.3. The molecule has 4 amide bonds. The Bertz CT molecular complexity index is 2430. The van der Waals surface area contributed by atoms with E-state index >= 15 is 4.39 Å². The Morgan fingerprint density at radius 2 is 1.66 bits per heavy atom. The van der Waals surface area contributed by atoms with Gasteiger partial charge in [0.25, 0.3) is 0 Å². The molecule has 7 heterocycles. The van der Waals surface area contributed by atoms with Crippen LogP contribution in [-0.4, -0.2) is 96.1 Å². The maximum atomic E-state index is 16.3. The number of amides is 4. The Hall–Kier alpha value is -5.13. The lowest BCUT2D eigenvalue weighted by molar-refractivity contribution is -0.149. The zero-order valence-electron chi connectivity index (χ0n) is 35.1. The Labute approximate surface area is 365 Å². The molecule has 4 aliphatic heterocycles. The number of aromatic nitrogens is 3. The van der Waals surface area contributed by atoms with E-state index < -0.39 is 26.5 Å². The number of nitrogens with one attached hydrogen (secondary N) is 1. The van der Waals surface area contributed by atoms with Gasteiger partial charge < -0.3 is 14.7 Å². The van der Waals surface area contributed by atoms with Crippen molar-refractivity contribution in [2.24, 2.45) is 16.5 Å². The maximum Gasteiger partial charge on any atom is 0.234 e. The molecule has 2 atom stereocenters. The first-order valence-corrected chi connectivity index (χ1v) is 24.0. The second kappa shape index (κ2) is 17.9. The Balaban J connectivity index is 0.859. The van der Waals surface area contributed by atoms with Crippen molar-refractivity contribution >= 4 is 50.8 Å². The molecule has 3 aromatic heterocycles. The number of pyridine rings is 2. The molecule has 0 spiro atoms. The van der Waals surface area contributed by atoms with Crippen LogP contribution in [0, 0.1) is 17.2 Å². The Morgan fingerprint density at radius 1 is 0.952 bits per heavy atom. The highest BCUT2D eigenvalue weighted by Crippen LogP contribution is 2.44. The summed E-state index contributed by atoms with van der Waals surface area (Å²) in [5, 5.41) is 7.56. The number of thiazole rings is 1. The van der Waals surface area contributed by atoms with Gasteiger partial charge in [-0.15, -0.1) is 11.3 Å². The lowest BCUT2D eigenvalue weighted by Crippen LogP contribution is -2.52. The molecular formula is C45H53FN8O6S2. The molecule has 1 aromatic carbocycles. The summed E-state index contributed by atoms with van der Waals surface area (Å²) >= 11 is 1.49. The van der Waals surface area contributed by atoms with Gasteiger partial charge in [0.05, 0.1) is 21.5 Å². The van der Waals surface area contributed by atoms with Crippen molar-refractivity contribution in [1.29, 1.82) is 0 Å². The standard InChI is InChI=1S/C45H53FN8O6S2/c1-3-35(62(47,59)60)33-5-4-6-34(38(33)46)39-40(28-11-19-48-20-12-28)61-42(51-39)29-13-23-54(24-14-29)44(58)45(2)17-25-53(26-18-45)43(57)30-15-21-52(22-16-30)36-9-7-31(27-49-36)32-8-10-37(55)50-41(32)56/h4-7,9,11-12,19-20,27,29-30,32,35H,3,8,10,13-18,21-26H2,1-2H3,(H2,47,59,60)(H,50,55,56). The average molecular weight is 885 g/mol. The molecule has 62 heavy (non-hydrogen) atoms. The third-order valence-corrected chi connectivity index (χ3v) is 16.0. The average Bonchev–Trinajstić information content (AvgIpc) is 3.72. The summed E-state index contributed by atoms with van der Waals surface area (Å²) in [7, 11) is -4.05.